The minimum Gasteiger partial charge on any atom is -0.331 e. The molecule has 0 N–H and O–H groups in total. The summed E-state index contributed by atoms with van der Waals surface area (Å²) in [7, 11) is 0. The number of fused-ring (bicyclic) bond motifs is 3. The highest BCUT2D eigenvalue weighted by molar-refractivity contribution is 7.20. The van der Waals surface area contributed by atoms with Gasteiger partial charge in [-0.3, -0.25) is 4.79 Å². The summed E-state index contributed by atoms with van der Waals surface area (Å²) in [5.41, 5.74) is 3.39. The summed E-state index contributed by atoms with van der Waals surface area (Å²) >= 11 is 1.65. The van der Waals surface area contributed by atoms with Gasteiger partial charge in [0, 0.05) is 16.8 Å². The maximum absolute atomic E-state index is 13.0. The number of carbonyl (C=O) groups excluding carboxylic acids is 1. The molecular weight excluding hydrogens is 290 g/mol. The SMILES string of the molecule is O=C(c1cc2ccccc2s1)N1C2CCC1CC(=C1CC1)C2. The number of thiophene rings is 1. The van der Waals surface area contributed by atoms with Gasteiger partial charge in [0.05, 0.1) is 4.88 Å². The maximum atomic E-state index is 13.0. The zero-order valence-electron chi connectivity index (χ0n) is 12.5. The fourth-order valence-electron chi connectivity index (χ4n) is 4.26. The van der Waals surface area contributed by atoms with E-state index in [1.54, 1.807) is 22.5 Å². The molecule has 2 saturated heterocycles. The second kappa shape index (κ2) is 4.69. The Morgan fingerprint density at radius 1 is 1.05 bits per heavy atom. The molecule has 2 aromatic rings. The van der Waals surface area contributed by atoms with E-state index in [4.69, 9.17) is 0 Å². The Bertz CT molecular complexity index is 748. The predicted molar refractivity (Wildman–Crippen MR) is 90.3 cm³/mol. The molecule has 3 heteroatoms. The molecular formula is C19H19NOS. The van der Waals surface area contributed by atoms with Crippen LogP contribution in [0.2, 0.25) is 0 Å². The van der Waals surface area contributed by atoms with E-state index in [0.717, 1.165) is 17.7 Å². The molecule has 3 fully saturated rings. The number of nitrogens with zero attached hydrogens (tertiary/aromatic N) is 1. The molecule has 3 heterocycles. The Labute approximate surface area is 134 Å². The van der Waals surface area contributed by atoms with E-state index in [2.05, 4.69) is 23.1 Å². The molecule has 112 valence electrons. The van der Waals surface area contributed by atoms with Crippen molar-refractivity contribution in [2.75, 3.05) is 0 Å². The van der Waals surface area contributed by atoms with Gasteiger partial charge in [0.15, 0.2) is 0 Å². The second-order valence-corrected chi connectivity index (χ2v) is 7.95. The van der Waals surface area contributed by atoms with Gasteiger partial charge in [-0.2, -0.15) is 0 Å². The Kier molecular flexibility index (Phi) is 2.75. The van der Waals surface area contributed by atoms with E-state index in [1.807, 2.05) is 12.1 Å². The average Bonchev–Trinajstić information content (AvgIpc) is 3.24. The largest absolute Gasteiger partial charge is 0.331 e. The van der Waals surface area contributed by atoms with Crippen LogP contribution >= 0.6 is 11.3 Å². The smallest absolute Gasteiger partial charge is 0.264 e. The molecule has 0 spiro atoms. The van der Waals surface area contributed by atoms with E-state index >= 15 is 0 Å². The zero-order valence-corrected chi connectivity index (χ0v) is 13.4. The first kappa shape index (κ1) is 12.9. The first-order chi connectivity index (χ1) is 10.8. The highest BCUT2D eigenvalue weighted by atomic mass is 32.1. The summed E-state index contributed by atoms with van der Waals surface area (Å²) in [6.45, 7) is 0. The van der Waals surface area contributed by atoms with Gasteiger partial charge >= 0.3 is 0 Å². The molecule has 2 bridgehead atoms. The molecule has 2 atom stereocenters. The number of hydrogen-bond donors (Lipinski definition) is 0. The van der Waals surface area contributed by atoms with Crippen molar-refractivity contribution in [3.05, 3.63) is 46.4 Å². The van der Waals surface area contributed by atoms with Crippen LogP contribution in [0.1, 0.15) is 48.2 Å². The van der Waals surface area contributed by atoms with Crippen LogP contribution in [0, 0.1) is 0 Å². The van der Waals surface area contributed by atoms with Gasteiger partial charge in [0.2, 0.25) is 0 Å². The van der Waals surface area contributed by atoms with Crippen LogP contribution in [0.25, 0.3) is 10.1 Å². The Hall–Kier alpha value is -1.61. The van der Waals surface area contributed by atoms with Crippen molar-refractivity contribution in [1.29, 1.82) is 0 Å². The van der Waals surface area contributed by atoms with Gasteiger partial charge in [0.1, 0.15) is 0 Å². The molecule has 3 aliphatic rings. The third kappa shape index (κ3) is 1.95. The maximum Gasteiger partial charge on any atom is 0.264 e. The zero-order chi connectivity index (χ0) is 14.7. The van der Waals surface area contributed by atoms with Crippen LogP contribution in [-0.4, -0.2) is 22.9 Å². The lowest BCUT2D eigenvalue weighted by atomic mass is 9.95. The number of rotatable bonds is 1. The quantitative estimate of drug-likeness (QED) is 0.696. The molecule has 22 heavy (non-hydrogen) atoms. The van der Waals surface area contributed by atoms with Crippen molar-refractivity contribution < 1.29 is 4.79 Å². The van der Waals surface area contributed by atoms with Crippen LogP contribution in [0.3, 0.4) is 0 Å². The fourth-order valence-corrected chi connectivity index (χ4v) is 5.27. The lowest BCUT2D eigenvalue weighted by molar-refractivity contribution is 0.0639. The monoisotopic (exact) mass is 309 g/mol. The second-order valence-electron chi connectivity index (χ2n) is 6.86. The minimum atomic E-state index is 0.272. The van der Waals surface area contributed by atoms with E-state index in [-0.39, 0.29) is 5.91 Å². The van der Waals surface area contributed by atoms with Gasteiger partial charge in [-0.05, 0) is 56.0 Å². The van der Waals surface area contributed by atoms with Gasteiger partial charge in [-0.15, -0.1) is 11.3 Å². The molecule has 1 saturated carbocycles. The molecule has 2 unspecified atom stereocenters. The molecule has 1 aromatic heterocycles. The van der Waals surface area contributed by atoms with Crippen molar-refractivity contribution in [1.82, 2.24) is 4.90 Å². The van der Waals surface area contributed by atoms with Crippen LogP contribution in [0.5, 0.6) is 0 Å². The minimum absolute atomic E-state index is 0.272. The lowest BCUT2D eigenvalue weighted by Crippen LogP contribution is -2.44. The summed E-state index contributed by atoms with van der Waals surface area (Å²) in [4.78, 5) is 16.2. The van der Waals surface area contributed by atoms with Crippen molar-refractivity contribution in [2.45, 2.75) is 50.6 Å². The molecule has 1 amide bonds. The van der Waals surface area contributed by atoms with Gasteiger partial charge < -0.3 is 4.90 Å². The molecule has 2 aliphatic heterocycles. The lowest BCUT2D eigenvalue weighted by Gasteiger charge is -2.36. The predicted octanol–water partition coefficient (Wildman–Crippen LogP) is 4.76. The highest BCUT2D eigenvalue weighted by Gasteiger charge is 2.43. The Morgan fingerprint density at radius 3 is 2.45 bits per heavy atom. The number of carbonyl (C=O) groups is 1. The van der Waals surface area contributed by atoms with Gasteiger partial charge in [-0.1, -0.05) is 29.3 Å². The summed E-state index contributed by atoms with van der Waals surface area (Å²) < 4.78 is 1.22. The topological polar surface area (TPSA) is 20.3 Å². The summed E-state index contributed by atoms with van der Waals surface area (Å²) in [5.74, 6) is 0.272. The van der Waals surface area contributed by atoms with Gasteiger partial charge in [-0.25, -0.2) is 0 Å². The van der Waals surface area contributed by atoms with Crippen molar-refractivity contribution in [2.24, 2.45) is 0 Å². The van der Waals surface area contributed by atoms with E-state index < -0.39 is 0 Å². The van der Waals surface area contributed by atoms with E-state index in [1.165, 1.54) is 35.8 Å². The molecule has 1 aromatic carbocycles. The van der Waals surface area contributed by atoms with E-state index in [9.17, 15) is 4.79 Å². The van der Waals surface area contributed by atoms with Crippen molar-refractivity contribution >= 4 is 27.3 Å². The van der Waals surface area contributed by atoms with Crippen LogP contribution in [-0.2, 0) is 0 Å². The van der Waals surface area contributed by atoms with E-state index in [0.29, 0.717) is 12.1 Å². The van der Waals surface area contributed by atoms with Crippen LogP contribution < -0.4 is 0 Å². The number of piperidine rings is 1. The van der Waals surface area contributed by atoms with Crippen LogP contribution in [0.15, 0.2) is 41.5 Å². The van der Waals surface area contributed by atoms with Crippen LogP contribution in [0.4, 0.5) is 0 Å². The Balaban J connectivity index is 1.47. The number of hydrogen-bond acceptors (Lipinski definition) is 2. The third-order valence-corrected chi connectivity index (χ3v) is 6.56. The average molecular weight is 309 g/mol. The molecule has 0 radical (unpaired) electrons. The standard InChI is InChI=1S/C19H19NOS/c21-19(18-11-13-3-1-2-4-17(13)22-18)20-15-7-8-16(20)10-14(9-15)12-5-6-12/h1-4,11,15-16H,5-10H2. The molecule has 1 aliphatic carbocycles. The van der Waals surface area contributed by atoms with Gasteiger partial charge in [0.25, 0.3) is 5.91 Å². The molecule has 5 rings (SSSR count). The highest BCUT2D eigenvalue weighted by Crippen LogP contribution is 2.45. The summed E-state index contributed by atoms with van der Waals surface area (Å²) in [5, 5.41) is 1.20. The summed E-state index contributed by atoms with van der Waals surface area (Å²) in [6, 6.07) is 11.3. The third-order valence-electron chi connectivity index (χ3n) is 5.45. The number of allylic oxidation sites excluding steroid dienone is 1. The van der Waals surface area contributed by atoms with Crippen molar-refractivity contribution in [3.63, 3.8) is 0 Å². The molecule has 2 nitrogen and oxygen atoms in total. The summed E-state index contributed by atoms with van der Waals surface area (Å²) in [6.07, 6.45) is 7.30. The Morgan fingerprint density at radius 2 is 1.77 bits per heavy atom. The number of amides is 1. The first-order valence-electron chi connectivity index (χ1n) is 8.30. The normalized spacial score (nSPS) is 26.8. The fraction of sp³-hybridized carbons (Fsp3) is 0.421. The number of benzene rings is 1. The van der Waals surface area contributed by atoms with Crippen molar-refractivity contribution in [3.8, 4) is 0 Å². The first-order valence-corrected chi connectivity index (χ1v) is 9.12.